The van der Waals surface area contributed by atoms with Gasteiger partial charge >= 0.3 is 0 Å². The van der Waals surface area contributed by atoms with Gasteiger partial charge in [-0.05, 0) is 37.3 Å². The van der Waals surface area contributed by atoms with Crippen molar-refractivity contribution in [3.05, 3.63) is 65.3 Å². The van der Waals surface area contributed by atoms with Gasteiger partial charge in [-0.2, -0.15) is 4.98 Å². The summed E-state index contributed by atoms with van der Waals surface area (Å²) >= 11 is 6.18. The Morgan fingerprint density at radius 3 is 2.59 bits per heavy atom. The van der Waals surface area contributed by atoms with Crippen LogP contribution in [0.2, 0.25) is 5.02 Å². The molecule has 166 valence electrons. The van der Waals surface area contributed by atoms with Crippen molar-refractivity contribution in [3.63, 3.8) is 0 Å². The molecule has 10 heteroatoms. The lowest BCUT2D eigenvalue weighted by atomic mass is 10.2. The molecule has 3 rings (SSSR count). The summed E-state index contributed by atoms with van der Waals surface area (Å²) in [4.78, 5) is 34.5. The first-order valence-corrected chi connectivity index (χ1v) is 10.2. The third-order valence-corrected chi connectivity index (χ3v) is 4.78. The predicted octanol–water partition coefficient (Wildman–Crippen LogP) is 3.72. The van der Waals surface area contributed by atoms with Crippen molar-refractivity contribution >= 4 is 52.2 Å². The summed E-state index contributed by atoms with van der Waals surface area (Å²) in [5.41, 5.74) is 7.62. The average molecular weight is 455 g/mol. The molecule has 0 bridgehead atoms. The lowest BCUT2D eigenvalue weighted by Crippen LogP contribution is -2.24. The van der Waals surface area contributed by atoms with Gasteiger partial charge in [0.2, 0.25) is 11.9 Å². The van der Waals surface area contributed by atoms with Crippen molar-refractivity contribution in [2.24, 2.45) is 5.73 Å². The number of hydrogen-bond donors (Lipinski definition) is 3. The number of methoxy groups -OCH3 is 1. The second-order valence-electron chi connectivity index (χ2n) is 6.68. The number of carbonyl (C=O) groups excluding carboxylic acids is 2. The standard InChI is InChI=1S/C22H23ClN6O3/c1-3-29(15-7-5-4-6-8-15)21-16(20(24)31)12-25-22(28-21)26-14-9-10-17(23)18(11-14)27-19(30)13-32-2/h4-12H,3,13H2,1-2H3,(H2,24,31)(H,27,30)(H,25,26,28). The Kier molecular flexibility index (Phi) is 7.58. The third-order valence-electron chi connectivity index (χ3n) is 4.45. The Hall–Kier alpha value is -3.69. The van der Waals surface area contributed by atoms with Gasteiger partial charge in [-0.3, -0.25) is 9.59 Å². The normalized spacial score (nSPS) is 10.5. The first-order valence-electron chi connectivity index (χ1n) is 9.77. The van der Waals surface area contributed by atoms with Gasteiger partial charge in [-0.25, -0.2) is 4.98 Å². The first-order chi connectivity index (χ1) is 15.4. The Morgan fingerprint density at radius 1 is 1.19 bits per heavy atom. The largest absolute Gasteiger partial charge is 0.375 e. The molecule has 0 aliphatic carbocycles. The molecule has 0 unspecified atom stereocenters. The van der Waals surface area contributed by atoms with E-state index < -0.39 is 5.91 Å². The molecule has 32 heavy (non-hydrogen) atoms. The number of ether oxygens (including phenoxy) is 1. The number of halogens is 1. The SMILES string of the molecule is CCN(c1ccccc1)c1nc(Nc2ccc(Cl)c(NC(=O)COC)c2)ncc1C(N)=O. The molecule has 3 aromatic rings. The average Bonchev–Trinajstić information content (AvgIpc) is 2.77. The van der Waals surface area contributed by atoms with Crippen LogP contribution < -0.4 is 21.3 Å². The van der Waals surface area contributed by atoms with Gasteiger partial charge in [0, 0.05) is 31.2 Å². The summed E-state index contributed by atoms with van der Waals surface area (Å²) in [5.74, 6) is -0.338. The molecule has 0 radical (unpaired) electrons. The highest BCUT2D eigenvalue weighted by atomic mass is 35.5. The van der Waals surface area contributed by atoms with E-state index in [1.165, 1.54) is 13.3 Å². The zero-order chi connectivity index (χ0) is 23.1. The van der Waals surface area contributed by atoms with Crippen LogP contribution in [0, 0.1) is 0 Å². The van der Waals surface area contributed by atoms with E-state index in [0.29, 0.717) is 28.8 Å². The molecule has 1 heterocycles. The van der Waals surface area contributed by atoms with Crippen LogP contribution in [0.4, 0.5) is 28.8 Å². The third kappa shape index (κ3) is 5.51. The summed E-state index contributed by atoms with van der Waals surface area (Å²) in [5, 5.41) is 6.11. The molecule has 0 saturated heterocycles. The fourth-order valence-electron chi connectivity index (χ4n) is 3.02. The molecular formula is C22H23ClN6O3. The van der Waals surface area contributed by atoms with Crippen molar-refractivity contribution in [1.29, 1.82) is 0 Å². The Labute approximate surface area is 190 Å². The predicted molar refractivity (Wildman–Crippen MR) is 125 cm³/mol. The summed E-state index contributed by atoms with van der Waals surface area (Å²) in [6.07, 6.45) is 1.38. The van der Waals surface area contributed by atoms with Gasteiger partial charge < -0.3 is 26.0 Å². The maximum Gasteiger partial charge on any atom is 0.254 e. The molecule has 1 aromatic heterocycles. The number of nitrogens with one attached hydrogen (secondary N) is 2. The van der Waals surface area contributed by atoms with Crippen LogP contribution in [0.25, 0.3) is 0 Å². The van der Waals surface area contributed by atoms with Crippen molar-refractivity contribution < 1.29 is 14.3 Å². The van der Waals surface area contributed by atoms with E-state index in [0.717, 1.165) is 5.69 Å². The molecular weight excluding hydrogens is 432 g/mol. The summed E-state index contributed by atoms with van der Waals surface area (Å²) in [7, 11) is 1.43. The summed E-state index contributed by atoms with van der Waals surface area (Å²) < 4.78 is 4.82. The molecule has 0 aliphatic heterocycles. The zero-order valence-corrected chi connectivity index (χ0v) is 18.4. The van der Waals surface area contributed by atoms with E-state index in [1.807, 2.05) is 42.2 Å². The van der Waals surface area contributed by atoms with Crippen LogP contribution in [0.5, 0.6) is 0 Å². The van der Waals surface area contributed by atoms with Crippen LogP contribution in [0.1, 0.15) is 17.3 Å². The number of nitrogens with two attached hydrogens (primary N) is 1. The lowest BCUT2D eigenvalue weighted by molar-refractivity contribution is -0.119. The van der Waals surface area contributed by atoms with E-state index in [-0.39, 0.29) is 24.0 Å². The number of amides is 2. The minimum absolute atomic E-state index is 0.0959. The van der Waals surface area contributed by atoms with Crippen molar-refractivity contribution in [3.8, 4) is 0 Å². The van der Waals surface area contributed by atoms with Crippen LogP contribution in [0.15, 0.2) is 54.7 Å². The van der Waals surface area contributed by atoms with Gasteiger partial charge in [-0.1, -0.05) is 29.8 Å². The quantitative estimate of drug-likeness (QED) is 0.450. The van der Waals surface area contributed by atoms with Gasteiger partial charge in [-0.15, -0.1) is 0 Å². The number of hydrogen-bond acceptors (Lipinski definition) is 7. The van der Waals surface area contributed by atoms with Crippen LogP contribution in [-0.2, 0) is 9.53 Å². The highest BCUT2D eigenvalue weighted by molar-refractivity contribution is 6.33. The maximum absolute atomic E-state index is 12.0. The van der Waals surface area contributed by atoms with E-state index >= 15 is 0 Å². The van der Waals surface area contributed by atoms with Crippen LogP contribution >= 0.6 is 11.6 Å². The van der Waals surface area contributed by atoms with Gasteiger partial charge in [0.05, 0.1) is 10.7 Å². The molecule has 0 atom stereocenters. The van der Waals surface area contributed by atoms with E-state index in [1.54, 1.807) is 18.2 Å². The number of benzene rings is 2. The van der Waals surface area contributed by atoms with E-state index in [2.05, 4.69) is 20.6 Å². The van der Waals surface area contributed by atoms with Gasteiger partial charge in [0.25, 0.3) is 5.91 Å². The Morgan fingerprint density at radius 2 is 1.94 bits per heavy atom. The number of anilines is 5. The number of primary amides is 1. The Balaban J connectivity index is 1.94. The first kappa shape index (κ1) is 23.0. The minimum Gasteiger partial charge on any atom is -0.375 e. The molecule has 2 amide bonds. The van der Waals surface area contributed by atoms with Gasteiger partial charge in [0.1, 0.15) is 12.2 Å². The fourth-order valence-corrected chi connectivity index (χ4v) is 3.19. The van der Waals surface area contributed by atoms with Crippen LogP contribution in [-0.4, -0.2) is 42.0 Å². The molecule has 0 spiro atoms. The highest BCUT2D eigenvalue weighted by Crippen LogP contribution is 2.29. The number of para-hydroxylation sites is 1. The fraction of sp³-hybridized carbons (Fsp3) is 0.182. The molecule has 9 nitrogen and oxygen atoms in total. The molecule has 2 aromatic carbocycles. The van der Waals surface area contributed by atoms with Crippen LogP contribution in [0.3, 0.4) is 0 Å². The molecule has 0 saturated carbocycles. The second kappa shape index (κ2) is 10.6. The summed E-state index contributed by atoms with van der Waals surface area (Å²) in [6, 6.07) is 14.5. The smallest absolute Gasteiger partial charge is 0.254 e. The number of aromatic nitrogens is 2. The number of rotatable bonds is 9. The highest BCUT2D eigenvalue weighted by Gasteiger charge is 2.19. The van der Waals surface area contributed by atoms with E-state index in [9.17, 15) is 9.59 Å². The lowest BCUT2D eigenvalue weighted by Gasteiger charge is -2.24. The zero-order valence-electron chi connectivity index (χ0n) is 17.6. The summed E-state index contributed by atoms with van der Waals surface area (Å²) in [6.45, 7) is 2.40. The van der Waals surface area contributed by atoms with E-state index in [4.69, 9.17) is 22.1 Å². The van der Waals surface area contributed by atoms with Crippen molar-refractivity contribution in [2.45, 2.75) is 6.92 Å². The van der Waals surface area contributed by atoms with Crippen molar-refractivity contribution in [1.82, 2.24) is 9.97 Å². The van der Waals surface area contributed by atoms with Gasteiger partial charge in [0.15, 0.2) is 5.82 Å². The number of carbonyl (C=O) groups is 2. The maximum atomic E-state index is 12.0. The Bertz CT molecular complexity index is 1110. The molecule has 0 aliphatic rings. The minimum atomic E-state index is -0.629. The monoisotopic (exact) mass is 454 g/mol. The second-order valence-corrected chi connectivity index (χ2v) is 7.08. The molecule has 0 fully saturated rings. The number of nitrogens with zero attached hydrogens (tertiary/aromatic N) is 3. The molecule has 4 N–H and O–H groups in total. The topological polar surface area (TPSA) is 122 Å². The van der Waals surface area contributed by atoms with Crippen molar-refractivity contribution in [2.75, 3.05) is 35.8 Å².